The predicted octanol–water partition coefficient (Wildman–Crippen LogP) is 1.28. The number of piperazine rings is 1. The van der Waals surface area contributed by atoms with Gasteiger partial charge in [0.15, 0.2) is 0 Å². The first-order valence-electron chi connectivity index (χ1n) is 11.1. The summed E-state index contributed by atoms with van der Waals surface area (Å²) in [6.45, 7) is 6.30. The molecule has 2 saturated heterocycles. The number of nitrogens with one attached hydrogen (secondary N) is 1. The molecule has 3 rings (SSSR count). The van der Waals surface area contributed by atoms with Gasteiger partial charge in [-0.15, -0.1) is 0 Å². The quantitative estimate of drug-likeness (QED) is 0.804. The van der Waals surface area contributed by atoms with Gasteiger partial charge in [-0.3, -0.25) is 14.4 Å². The third-order valence-electron chi connectivity index (χ3n) is 5.97. The smallest absolute Gasteiger partial charge is 0.225 e. The highest BCUT2D eigenvalue weighted by Crippen LogP contribution is 2.19. The normalized spacial score (nSPS) is 21.6. The molecular weight excluding hydrogens is 382 g/mol. The molecule has 2 fully saturated rings. The molecule has 0 saturated carbocycles. The van der Waals surface area contributed by atoms with Crippen molar-refractivity contribution in [3.05, 3.63) is 24.4 Å². The van der Waals surface area contributed by atoms with E-state index in [0.29, 0.717) is 52.0 Å². The third kappa shape index (κ3) is 5.93. The second-order valence-electron chi connectivity index (χ2n) is 7.96. The Hall–Kier alpha value is -2.64. The highest BCUT2D eigenvalue weighted by molar-refractivity contribution is 5.80. The van der Waals surface area contributed by atoms with Crippen molar-refractivity contribution >= 4 is 23.5 Å². The number of pyridine rings is 1. The van der Waals surface area contributed by atoms with E-state index in [-0.39, 0.29) is 23.6 Å². The molecule has 1 aromatic rings. The second-order valence-corrected chi connectivity index (χ2v) is 7.96. The maximum absolute atomic E-state index is 13.2. The van der Waals surface area contributed by atoms with Crippen molar-refractivity contribution in [3.63, 3.8) is 0 Å². The minimum absolute atomic E-state index is 0.0547. The molecule has 2 aliphatic heterocycles. The standard InChI is InChI=1S/C22H33N5O3/c1-2-21(29)26-12-5-6-18(8-11-24-20(28)9-13-26)22(30)27-16-14-25(15-17-27)19-7-3-4-10-23-19/h3-4,7,10,18H,2,5-6,8-9,11-17H2,1H3,(H,24,28). The first kappa shape index (κ1) is 22.1. The molecule has 0 bridgehead atoms. The minimum atomic E-state index is -0.122. The molecule has 8 nitrogen and oxygen atoms in total. The Morgan fingerprint density at radius 2 is 1.87 bits per heavy atom. The Morgan fingerprint density at radius 3 is 2.57 bits per heavy atom. The van der Waals surface area contributed by atoms with Crippen LogP contribution in [-0.4, -0.2) is 78.3 Å². The minimum Gasteiger partial charge on any atom is -0.356 e. The maximum atomic E-state index is 13.2. The van der Waals surface area contributed by atoms with Crippen molar-refractivity contribution in [2.45, 2.75) is 39.0 Å². The van der Waals surface area contributed by atoms with Crippen LogP contribution in [0.1, 0.15) is 39.0 Å². The first-order valence-corrected chi connectivity index (χ1v) is 11.1. The van der Waals surface area contributed by atoms with Gasteiger partial charge in [-0.2, -0.15) is 0 Å². The fraction of sp³-hybridized carbons (Fsp3) is 0.636. The van der Waals surface area contributed by atoms with E-state index in [2.05, 4.69) is 15.2 Å². The average Bonchev–Trinajstić information content (AvgIpc) is 2.83. The van der Waals surface area contributed by atoms with Crippen LogP contribution in [0.15, 0.2) is 24.4 Å². The summed E-state index contributed by atoms with van der Waals surface area (Å²) in [4.78, 5) is 47.7. The lowest BCUT2D eigenvalue weighted by Gasteiger charge is -2.37. The molecule has 1 aromatic heterocycles. The van der Waals surface area contributed by atoms with Gasteiger partial charge in [0.2, 0.25) is 17.7 Å². The SMILES string of the molecule is CCC(=O)N1CCCC(C(=O)N2CCN(c3ccccn3)CC2)CCNC(=O)CC1. The number of aromatic nitrogens is 1. The summed E-state index contributed by atoms with van der Waals surface area (Å²) in [6.07, 6.45) is 4.71. The molecule has 0 radical (unpaired) electrons. The van der Waals surface area contributed by atoms with E-state index in [9.17, 15) is 14.4 Å². The Labute approximate surface area is 178 Å². The Bertz CT molecular complexity index is 719. The number of amides is 3. The first-order chi connectivity index (χ1) is 14.6. The zero-order valence-electron chi connectivity index (χ0n) is 17.9. The van der Waals surface area contributed by atoms with Gasteiger partial charge in [0.25, 0.3) is 0 Å². The van der Waals surface area contributed by atoms with Crippen molar-refractivity contribution in [3.8, 4) is 0 Å². The Kier molecular flexibility index (Phi) is 8.04. The fourth-order valence-electron chi connectivity index (χ4n) is 4.17. The molecule has 30 heavy (non-hydrogen) atoms. The van der Waals surface area contributed by atoms with Crippen LogP contribution >= 0.6 is 0 Å². The largest absolute Gasteiger partial charge is 0.356 e. The molecule has 1 unspecified atom stereocenters. The number of nitrogens with zero attached hydrogens (tertiary/aromatic N) is 4. The number of hydrogen-bond donors (Lipinski definition) is 1. The van der Waals surface area contributed by atoms with E-state index in [4.69, 9.17) is 0 Å². The van der Waals surface area contributed by atoms with Crippen molar-refractivity contribution in [2.24, 2.45) is 5.92 Å². The lowest BCUT2D eigenvalue weighted by Crippen LogP contribution is -2.51. The summed E-state index contributed by atoms with van der Waals surface area (Å²) in [7, 11) is 0. The van der Waals surface area contributed by atoms with Gasteiger partial charge in [-0.1, -0.05) is 13.0 Å². The van der Waals surface area contributed by atoms with Gasteiger partial charge < -0.3 is 20.0 Å². The van der Waals surface area contributed by atoms with Gasteiger partial charge in [-0.05, 0) is 31.4 Å². The molecule has 8 heteroatoms. The van der Waals surface area contributed by atoms with Crippen LogP contribution in [0.2, 0.25) is 0 Å². The van der Waals surface area contributed by atoms with Crippen molar-refractivity contribution < 1.29 is 14.4 Å². The number of rotatable bonds is 3. The zero-order chi connectivity index (χ0) is 21.3. The predicted molar refractivity (Wildman–Crippen MR) is 115 cm³/mol. The van der Waals surface area contributed by atoms with Gasteiger partial charge in [0.1, 0.15) is 5.82 Å². The molecule has 2 aliphatic rings. The van der Waals surface area contributed by atoms with Crippen LogP contribution in [0, 0.1) is 5.92 Å². The van der Waals surface area contributed by atoms with Crippen LogP contribution in [0.25, 0.3) is 0 Å². The summed E-state index contributed by atoms with van der Waals surface area (Å²) in [5, 5.41) is 2.91. The van der Waals surface area contributed by atoms with Crippen molar-refractivity contribution in [1.82, 2.24) is 20.1 Å². The van der Waals surface area contributed by atoms with E-state index >= 15 is 0 Å². The maximum Gasteiger partial charge on any atom is 0.225 e. The molecule has 0 aromatic carbocycles. The molecule has 0 aliphatic carbocycles. The van der Waals surface area contributed by atoms with Gasteiger partial charge in [0.05, 0.1) is 0 Å². The monoisotopic (exact) mass is 415 g/mol. The Balaban J connectivity index is 1.57. The van der Waals surface area contributed by atoms with Crippen molar-refractivity contribution in [2.75, 3.05) is 50.7 Å². The average molecular weight is 416 g/mol. The summed E-state index contributed by atoms with van der Waals surface area (Å²) in [5.74, 6) is 1.00. The van der Waals surface area contributed by atoms with E-state index in [0.717, 1.165) is 31.7 Å². The molecular formula is C22H33N5O3. The van der Waals surface area contributed by atoms with Gasteiger partial charge in [-0.25, -0.2) is 4.98 Å². The van der Waals surface area contributed by atoms with Gasteiger partial charge in [0, 0.05) is 70.8 Å². The highest BCUT2D eigenvalue weighted by Gasteiger charge is 2.28. The van der Waals surface area contributed by atoms with E-state index in [1.54, 1.807) is 11.1 Å². The van der Waals surface area contributed by atoms with Crippen molar-refractivity contribution in [1.29, 1.82) is 0 Å². The lowest BCUT2D eigenvalue weighted by atomic mass is 9.97. The molecule has 1 N–H and O–H groups in total. The summed E-state index contributed by atoms with van der Waals surface area (Å²) in [6, 6.07) is 5.87. The number of carbonyl (C=O) groups excluding carboxylic acids is 3. The van der Waals surface area contributed by atoms with E-state index < -0.39 is 0 Å². The molecule has 3 amide bonds. The van der Waals surface area contributed by atoms with Crippen LogP contribution in [0.3, 0.4) is 0 Å². The third-order valence-corrected chi connectivity index (χ3v) is 5.97. The second kappa shape index (κ2) is 10.9. The fourth-order valence-corrected chi connectivity index (χ4v) is 4.17. The Morgan fingerprint density at radius 1 is 1.07 bits per heavy atom. The molecule has 1 atom stereocenters. The van der Waals surface area contributed by atoms with Crippen LogP contribution < -0.4 is 10.2 Å². The van der Waals surface area contributed by atoms with Crippen LogP contribution in [0.5, 0.6) is 0 Å². The van der Waals surface area contributed by atoms with Crippen LogP contribution in [-0.2, 0) is 14.4 Å². The lowest BCUT2D eigenvalue weighted by molar-refractivity contribution is -0.136. The van der Waals surface area contributed by atoms with Gasteiger partial charge >= 0.3 is 0 Å². The summed E-state index contributed by atoms with van der Waals surface area (Å²) < 4.78 is 0. The van der Waals surface area contributed by atoms with Crippen LogP contribution in [0.4, 0.5) is 5.82 Å². The summed E-state index contributed by atoms with van der Waals surface area (Å²) in [5.41, 5.74) is 0. The number of anilines is 1. The molecule has 164 valence electrons. The highest BCUT2D eigenvalue weighted by atomic mass is 16.2. The van der Waals surface area contributed by atoms with E-state index in [1.165, 1.54) is 0 Å². The number of carbonyl (C=O) groups is 3. The topological polar surface area (TPSA) is 85.8 Å². The number of hydrogen-bond acceptors (Lipinski definition) is 5. The van der Waals surface area contributed by atoms with E-state index in [1.807, 2.05) is 30.0 Å². The molecule has 3 heterocycles. The zero-order valence-corrected chi connectivity index (χ0v) is 17.9. The summed E-state index contributed by atoms with van der Waals surface area (Å²) >= 11 is 0. The molecule has 0 spiro atoms.